The van der Waals surface area contributed by atoms with Gasteiger partial charge in [0.15, 0.2) is 0 Å². The Morgan fingerprint density at radius 1 is 1.04 bits per heavy atom. The van der Waals surface area contributed by atoms with Crippen molar-refractivity contribution in [2.75, 3.05) is 14.1 Å². The Balaban J connectivity index is 1.88. The predicted octanol–water partition coefficient (Wildman–Crippen LogP) is 4.25. The molecule has 3 nitrogen and oxygen atoms in total. The van der Waals surface area contributed by atoms with Crippen LogP contribution in [-0.2, 0) is 19.4 Å². The molecular formula is C21H25N3. The SMILES string of the molecule is Cc1ccn2c(CN(C)C)c(-c3ccc4c(c3)CCCC4)nc2c1. The standard InChI is InChI=1S/C21H25N3/c1-15-10-11-24-19(14-23(2)3)21(22-20(24)12-15)18-9-8-16-6-4-5-7-17(16)13-18/h8-13H,4-7,14H2,1-3H3. The fourth-order valence-corrected chi connectivity index (χ4v) is 3.76. The summed E-state index contributed by atoms with van der Waals surface area (Å²) in [7, 11) is 4.23. The molecule has 0 unspecified atom stereocenters. The largest absolute Gasteiger partial charge is 0.304 e. The number of hydrogen-bond acceptors (Lipinski definition) is 2. The second-order valence-corrected chi connectivity index (χ2v) is 7.27. The lowest BCUT2D eigenvalue weighted by molar-refractivity contribution is 0.396. The summed E-state index contributed by atoms with van der Waals surface area (Å²) < 4.78 is 2.24. The predicted molar refractivity (Wildman–Crippen MR) is 99.4 cm³/mol. The lowest BCUT2D eigenvalue weighted by Crippen LogP contribution is -2.13. The molecule has 3 heteroatoms. The van der Waals surface area contributed by atoms with Crippen molar-refractivity contribution >= 4 is 5.65 Å². The number of benzene rings is 1. The second-order valence-electron chi connectivity index (χ2n) is 7.27. The van der Waals surface area contributed by atoms with Crippen LogP contribution in [0.4, 0.5) is 0 Å². The van der Waals surface area contributed by atoms with Gasteiger partial charge in [0.05, 0.1) is 11.4 Å². The van der Waals surface area contributed by atoms with Gasteiger partial charge in [-0.1, -0.05) is 12.1 Å². The maximum atomic E-state index is 4.98. The van der Waals surface area contributed by atoms with Gasteiger partial charge in [0, 0.05) is 18.3 Å². The van der Waals surface area contributed by atoms with Crippen LogP contribution in [0.15, 0.2) is 36.5 Å². The third-order valence-electron chi connectivity index (χ3n) is 4.97. The molecule has 0 amide bonds. The van der Waals surface area contributed by atoms with Crippen molar-refractivity contribution in [3.05, 3.63) is 58.9 Å². The molecule has 3 aromatic rings. The van der Waals surface area contributed by atoms with Crippen molar-refractivity contribution in [2.24, 2.45) is 0 Å². The van der Waals surface area contributed by atoms with E-state index in [2.05, 4.69) is 66.8 Å². The summed E-state index contributed by atoms with van der Waals surface area (Å²) >= 11 is 0. The van der Waals surface area contributed by atoms with Crippen LogP contribution in [0.2, 0.25) is 0 Å². The van der Waals surface area contributed by atoms with Crippen LogP contribution in [0.5, 0.6) is 0 Å². The van der Waals surface area contributed by atoms with Gasteiger partial charge in [0.2, 0.25) is 0 Å². The molecule has 2 aromatic heterocycles. The average molecular weight is 319 g/mol. The minimum Gasteiger partial charge on any atom is -0.304 e. The molecule has 1 aromatic carbocycles. The molecule has 0 bridgehead atoms. The molecule has 0 spiro atoms. The highest BCUT2D eigenvalue weighted by Crippen LogP contribution is 2.30. The first-order valence-electron chi connectivity index (χ1n) is 8.86. The lowest BCUT2D eigenvalue weighted by atomic mass is 9.90. The van der Waals surface area contributed by atoms with Crippen LogP contribution < -0.4 is 0 Å². The summed E-state index contributed by atoms with van der Waals surface area (Å²) in [6, 6.07) is 11.3. The molecule has 0 saturated heterocycles. The molecule has 2 heterocycles. The highest BCUT2D eigenvalue weighted by molar-refractivity contribution is 5.68. The lowest BCUT2D eigenvalue weighted by Gasteiger charge is -2.17. The Kier molecular flexibility index (Phi) is 3.89. The van der Waals surface area contributed by atoms with E-state index in [0.717, 1.165) is 17.9 Å². The van der Waals surface area contributed by atoms with Crippen LogP contribution in [0, 0.1) is 6.92 Å². The van der Waals surface area contributed by atoms with E-state index >= 15 is 0 Å². The van der Waals surface area contributed by atoms with Crippen LogP contribution in [0.25, 0.3) is 16.9 Å². The number of aromatic nitrogens is 2. The van der Waals surface area contributed by atoms with Gasteiger partial charge in [-0.2, -0.15) is 0 Å². The van der Waals surface area contributed by atoms with Crippen LogP contribution in [0.1, 0.15) is 35.2 Å². The van der Waals surface area contributed by atoms with E-state index in [1.54, 1.807) is 0 Å². The average Bonchev–Trinajstić information content (AvgIpc) is 2.91. The molecule has 0 saturated carbocycles. The van der Waals surface area contributed by atoms with Gasteiger partial charge >= 0.3 is 0 Å². The summed E-state index contributed by atoms with van der Waals surface area (Å²) in [5.74, 6) is 0. The number of nitrogens with zero attached hydrogens (tertiary/aromatic N) is 3. The van der Waals surface area contributed by atoms with Gasteiger partial charge in [-0.15, -0.1) is 0 Å². The fraction of sp³-hybridized carbons (Fsp3) is 0.381. The molecule has 1 aliphatic carbocycles. The molecule has 0 atom stereocenters. The molecule has 4 rings (SSSR count). The van der Waals surface area contributed by atoms with Gasteiger partial charge in [-0.3, -0.25) is 0 Å². The second kappa shape index (κ2) is 6.06. The third-order valence-corrected chi connectivity index (χ3v) is 4.97. The van der Waals surface area contributed by atoms with Gasteiger partial charge in [-0.25, -0.2) is 4.98 Å². The van der Waals surface area contributed by atoms with E-state index in [-0.39, 0.29) is 0 Å². The van der Waals surface area contributed by atoms with E-state index in [1.165, 1.54) is 53.6 Å². The van der Waals surface area contributed by atoms with Crippen molar-refractivity contribution in [3.8, 4) is 11.3 Å². The van der Waals surface area contributed by atoms with Gasteiger partial charge in [0.1, 0.15) is 5.65 Å². The Bertz CT molecular complexity index is 889. The highest BCUT2D eigenvalue weighted by Gasteiger charge is 2.17. The third kappa shape index (κ3) is 2.73. The zero-order valence-electron chi connectivity index (χ0n) is 14.8. The smallest absolute Gasteiger partial charge is 0.137 e. The van der Waals surface area contributed by atoms with Crippen LogP contribution in [-0.4, -0.2) is 28.4 Å². The maximum absolute atomic E-state index is 4.98. The summed E-state index contributed by atoms with van der Waals surface area (Å²) in [5.41, 5.74) is 8.99. The quantitative estimate of drug-likeness (QED) is 0.719. The number of rotatable bonds is 3. The zero-order chi connectivity index (χ0) is 16.7. The van der Waals surface area contributed by atoms with E-state index in [0.29, 0.717) is 0 Å². The molecular weight excluding hydrogens is 294 g/mol. The van der Waals surface area contributed by atoms with Gasteiger partial charge < -0.3 is 9.30 Å². The molecule has 1 aliphatic rings. The number of pyridine rings is 1. The molecule has 124 valence electrons. The van der Waals surface area contributed by atoms with Crippen molar-refractivity contribution in [2.45, 2.75) is 39.2 Å². The monoisotopic (exact) mass is 319 g/mol. The molecule has 0 aliphatic heterocycles. The number of hydrogen-bond donors (Lipinski definition) is 0. The fourth-order valence-electron chi connectivity index (χ4n) is 3.76. The Morgan fingerprint density at radius 2 is 1.83 bits per heavy atom. The van der Waals surface area contributed by atoms with Crippen molar-refractivity contribution in [1.82, 2.24) is 14.3 Å². The summed E-state index contributed by atoms with van der Waals surface area (Å²) in [4.78, 5) is 7.20. The normalized spacial score (nSPS) is 14.3. The molecule has 0 fully saturated rings. The zero-order valence-corrected chi connectivity index (χ0v) is 14.8. The van der Waals surface area contributed by atoms with E-state index in [1.807, 2.05) is 0 Å². The van der Waals surface area contributed by atoms with Crippen molar-refractivity contribution in [1.29, 1.82) is 0 Å². The van der Waals surface area contributed by atoms with Crippen LogP contribution in [0.3, 0.4) is 0 Å². The number of fused-ring (bicyclic) bond motifs is 2. The Morgan fingerprint density at radius 3 is 2.62 bits per heavy atom. The van der Waals surface area contributed by atoms with Crippen molar-refractivity contribution in [3.63, 3.8) is 0 Å². The molecule has 0 radical (unpaired) electrons. The topological polar surface area (TPSA) is 20.5 Å². The van der Waals surface area contributed by atoms with Gasteiger partial charge in [-0.05, 0) is 81.6 Å². The minimum absolute atomic E-state index is 0.886. The number of aryl methyl sites for hydroxylation is 3. The first kappa shape index (κ1) is 15.4. The van der Waals surface area contributed by atoms with Gasteiger partial charge in [0.25, 0.3) is 0 Å². The Hall–Kier alpha value is -2.13. The van der Waals surface area contributed by atoms with E-state index in [4.69, 9.17) is 4.98 Å². The van der Waals surface area contributed by atoms with Crippen molar-refractivity contribution < 1.29 is 0 Å². The summed E-state index contributed by atoms with van der Waals surface area (Å²) in [6.45, 7) is 3.01. The van der Waals surface area contributed by atoms with Crippen LogP contribution >= 0.6 is 0 Å². The first-order chi connectivity index (χ1) is 11.6. The van der Waals surface area contributed by atoms with E-state index in [9.17, 15) is 0 Å². The first-order valence-corrected chi connectivity index (χ1v) is 8.86. The molecule has 0 N–H and O–H groups in total. The number of imidazole rings is 1. The summed E-state index contributed by atoms with van der Waals surface area (Å²) in [5, 5.41) is 0. The highest BCUT2D eigenvalue weighted by atomic mass is 15.1. The van der Waals surface area contributed by atoms with E-state index < -0.39 is 0 Å². The Labute approximate surface area is 143 Å². The summed E-state index contributed by atoms with van der Waals surface area (Å²) in [6.07, 6.45) is 7.22. The molecule has 24 heavy (non-hydrogen) atoms. The maximum Gasteiger partial charge on any atom is 0.137 e. The minimum atomic E-state index is 0.886.